The van der Waals surface area contributed by atoms with Crippen molar-refractivity contribution in [2.45, 2.75) is 19.4 Å². The molecular weight excluding hydrogens is 228 g/mol. The first kappa shape index (κ1) is 13.1. The molecule has 1 aliphatic rings. The van der Waals surface area contributed by atoms with Gasteiger partial charge in [0, 0.05) is 19.1 Å². The molecule has 0 spiro atoms. The van der Waals surface area contributed by atoms with Gasteiger partial charge >= 0.3 is 5.97 Å². The zero-order valence-electron chi connectivity index (χ0n) is 10.7. The molecule has 0 aliphatic carbocycles. The van der Waals surface area contributed by atoms with Crippen LogP contribution in [-0.2, 0) is 4.79 Å². The molecule has 98 valence electrons. The van der Waals surface area contributed by atoms with Gasteiger partial charge in [-0.15, -0.1) is 0 Å². The Hall–Kier alpha value is -1.39. The van der Waals surface area contributed by atoms with Crippen LogP contribution in [0.4, 0.5) is 0 Å². The Bertz CT molecular complexity index is 416. The molecule has 4 nitrogen and oxygen atoms in total. The summed E-state index contributed by atoms with van der Waals surface area (Å²) < 4.78 is 0. The van der Waals surface area contributed by atoms with Crippen molar-refractivity contribution in [1.82, 2.24) is 4.90 Å². The van der Waals surface area contributed by atoms with Crippen molar-refractivity contribution in [3.63, 3.8) is 0 Å². The maximum Gasteiger partial charge on any atom is 0.307 e. The standard InChI is InChI=1S/C14H20N2O2/c1-10-2-4-11(5-3-10)13(8-15)16-7-6-12(9-16)14(17)18/h2-5,12-13H,6-9,15H2,1H3,(H,17,18)/t12-,13-/m1/s1. The van der Waals surface area contributed by atoms with Gasteiger partial charge in [-0.05, 0) is 25.5 Å². The van der Waals surface area contributed by atoms with Crippen LogP contribution in [0.15, 0.2) is 24.3 Å². The molecule has 0 radical (unpaired) electrons. The van der Waals surface area contributed by atoms with Gasteiger partial charge in [-0.25, -0.2) is 0 Å². The van der Waals surface area contributed by atoms with Crippen LogP contribution in [-0.4, -0.2) is 35.6 Å². The predicted octanol–water partition coefficient (Wildman–Crippen LogP) is 1.40. The molecule has 2 rings (SSSR count). The van der Waals surface area contributed by atoms with Crippen LogP contribution in [0.2, 0.25) is 0 Å². The lowest BCUT2D eigenvalue weighted by Crippen LogP contribution is -2.32. The number of benzene rings is 1. The van der Waals surface area contributed by atoms with E-state index in [2.05, 4.69) is 36.1 Å². The Morgan fingerprint density at radius 1 is 1.50 bits per heavy atom. The topological polar surface area (TPSA) is 66.6 Å². The first-order chi connectivity index (χ1) is 8.61. The van der Waals surface area contributed by atoms with Gasteiger partial charge in [0.25, 0.3) is 0 Å². The lowest BCUT2D eigenvalue weighted by atomic mass is 10.0. The van der Waals surface area contributed by atoms with E-state index in [4.69, 9.17) is 10.8 Å². The average molecular weight is 248 g/mol. The number of likely N-dealkylation sites (tertiary alicyclic amines) is 1. The van der Waals surface area contributed by atoms with Gasteiger partial charge in [0.15, 0.2) is 0 Å². The van der Waals surface area contributed by atoms with Crippen LogP contribution >= 0.6 is 0 Å². The van der Waals surface area contributed by atoms with Crippen molar-refractivity contribution < 1.29 is 9.90 Å². The number of aliphatic carboxylic acids is 1. The van der Waals surface area contributed by atoms with Crippen LogP contribution in [0.25, 0.3) is 0 Å². The Morgan fingerprint density at radius 3 is 2.67 bits per heavy atom. The van der Waals surface area contributed by atoms with E-state index < -0.39 is 5.97 Å². The van der Waals surface area contributed by atoms with E-state index in [1.165, 1.54) is 11.1 Å². The van der Waals surface area contributed by atoms with E-state index in [1.807, 2.05) is 0 Å². The summed E-state index contributed by atoms with van der Waals surface area (Å²) in [5.74, 6) is -0.943. The lowest BCUT2D eigenvalue weighted by molar-refractivity contribution is -0.141. The number of hydrogen-bond acceptors (Lipinski definition) is 3. The van der Waals surface area contributed by atoms with Gasteiger partial charge in [-0.3, -0.25) is 9.69 Å². The fourth-order valence-corrected chi connectivity index (χ4v) is 2.56. The molecule has 0 aromatic heterocycles. The summed E-state index contributed by atoms with van der Waals surface area (Å²) >= 11 is 0. The first-order valence-corrected chi connectivity index (χ1v) is 6.35. The second-order valence-electron chi connectivity index (χ2n) is 4.98. The van der Waals surface area contributed by atoms with Crippen molar-refractivity contribution >= 4 is 5.97 Å². The molecule has 1 aromatic carbocycles. The number of carbonyl (C=O) groups is 1. The van der Waals surface area contributed by atoms with Crippen LogP contribution < -0.4 is 5.73 Å². The van der Waals surface area contributed by atoms with Crippen LogP contribution in [0.3, 0.4) is 0 Å². The third-order valence-corrected chi connectivity index (χ3v) is 3.70. The van der Waals surface area contributed by atoms with Crippen LogP contribution in [0.5, 0.6) is 0 Å². The highest BCUT2D eigenvalue weighted by Gasteiger charge is 2.32. The number of hydrogen-bond donors (Lipinski definition) is 2. The number of aryl methyl sites for hydroxylation is 1. The molecule has 1 fully saturated rings. The first-order valence-electron chi connectivity index (χ1n) is 6.35. The van der Waals surface area contributed by atoms with Crippen molar-refractivity contribution in [2.75, 3.05) is 19.6 Å². The average Bonchev–Trinajstić information content (AvgIpc) is 2.82. The summed E-state index contributed by atoms with van der Waals surface area (Å²) in [5.41, 5.74) is 8.25. The summed E-state index contributed by atoms with van der Waals surface area (Å²) in [6.07, 6.45) is 0.720. The second-order valence-corrected chi connectivity index (χ2v) is 4.98. The van der Waals surface area contributed by atoms with Gasteiger partial charge in [-0.1, -0.05) is 29.8 Å². The molecule has 1 saturated heterocycles. The molecule has 1 heterocycles. The van der Waals surface area contributed by atoms with Gasteiger partial charge < -0.3 is 10.8 Å². The highest BCUT2D eigenvalue weighted by molar-refractivity contribution is 5.70. The van der Waals surface area contributed by atoms with Gasteiger partial charge in [0.1, 0.15) is 0 Å². The zero-order valence-corrected chi connectivity index (χ0v) is 10.7. The maximum absolute atomic E-state index is 11.0. The number of carboxylic acid groups (broad SMARTS) is 1. The molecule has 4 heteroatoms. The minimum absolute atomic E-state index is 0.134. The number of nitrogens with zero attached hydrogens (tertiary/aromatic N) is 1. The van der Waals surface area contributed by atoms with Gasteiger partial charge in [0.05, 0.1) is 5.92 Å². The molecule has 0 saturated carbocycles. The van der Waals surface area contributed by atoms with Crippen molar-refractivity contribution in [3.8, 4) is 0 Å². The molecule has 0 unspecified atom stereocenters. The molecule has 18 heavy (non-hydrogen) atoms. The van der Waals surface area contributed by atoms with Crippen molar-refractivity contribution in [1.29, 1.82) is 0 Å². The highest BCUT2D eigenvalue weighted by Crippen LogP contribution is 2.27. The fraction of sp³-hybridized carbons (Fsp3) is 0.500. The SMILES string of the molecule is Cc1ccc([C@@H](CN)N2CC[C@@H](C(=O)O)C2)cc1. The molecule has 1 aromatic rings. The second kappa shape index (κ2) is 5.50. The van der Waals surface area contributed by atoms with E-state index in [-0.39, 0.29) is 12.0 Å². The monoisotopic (exact) mass is 248 g/mol. The Labute approximate surface area is 107 Å². The summed E-state index contributed by atoms with van der Waals surface area (Å²) in [5, 5.41) is 9.03. The zero-order chi connectivity index (χ0) is 13.1. The van der Waals surface area contributed by atoms with E-state index in [0.29, 0.717) is 13.1 Å². The molecule has 1 aliphatic heterocycles. The fourth-order valence-electron chi connectivity index (χ4n) is 2.56. The van der Waals surface area contributed by atoms with Gasteiger partial charge in [0.2, 0.25) is 0 Å². The molecule has 2 atom stereocenters. The largest absolute Gasteiger partial charge is 0.481 e. The Kier molecular flexibility index (Phi) is 3.99. The van der Waals surface area contributed by atoms with Crippen molar-refractivity contribution in [2.24, 2.45) is 11.7 Å². The Morgan fingerprint density at radius 2 is 2.17 bits per heavy atom. The molecular formula is C14H20N2O2. The number of carboxylic acids is 1. The Balaban J connectivity index is 2.10. The highest BCUT2D eigenvalue weighted by atomic mass is 16.4. The molecule has 0 amide bonds. The molecule has 3 N–H and O–H groups in total. The summed E-state index contributed by atoms with van der Waals surface area (Å²) in [4.78, 5) is 13.2. The smallest absolute Gasteiger partial charge is 0.307 e. The van der Waals surface area contributed by atoms with E-state index >= 15 is 0 Å². The minimum atomic E-state index is -0.697. The summed E-state index contributed by atoms with van der Waals surface area (Å²) in [6, 6.07) is 8.45. The quantitative estimate of drug-likeness (QED) is 0.845. The predicted molar refractivity (Wildman–Crippen MR) is 70.3 cm³/mol. The summed E-state index contributed by atoms with van der Waals surface area (Å²) in [7, 11) is 0. The van der Waals surface area contributed by atoms with Crippen molar-refractivity contribution in [3.05, 3.63) is 35.4 Å². The maximum atomic E-state index is 11.0. The number of nitrogens with two attached hydrogens (primary N) is 1. The third-order valence-electron chi connectivity index (χ3n) is 3.70. The van der Waals surface area contributed by atoms with E-state index in [9.17, 15) is 4.79 Å². The number of rotatable bonds is 4. The lowest BCUT2D eigenvalue weighted by Gasteiger charge is -2.27. The van der Waals surface area contributed by atoms with Crippen LogP contribution in [0, 0.1) is 12.8 Å². The van der Waals surface area contributed by atoms with Crippen LogP contribution in [0.1, 0.15) is 23.6 Å². The minimum Gasteiger partial charge on any atom is -0.481 e. The molecule has 0 bridgehead atoms. The van der Waals surface area contributed by atoms with E-state index in [1.54, 1.807) is 0 Å². The normalized spacial score (nSPS) is 22.0. The third kappa shape index (κ3) is 2.71. The summed E-state index contributed by atoms with van der Waals surface area (Å²) in [6.45, 7) is 3.99. The van der Waals surface area contributed by atoms with Gasteiger partial charge in [-0.2, -0.15) is 0 Å². The van der Waals surface area contributed by atoms with E-state index in [0.717, 1.165) is 13.0 Å².